The van der Waals surface area contributed by atoms with Gasteiger partial charge in [0.1, 0.15) is 0 Å². The first kappa shape index (κ1) is 22.2. The van der Waals surface area contributed by atoms with Gasteiger partial charge in [-0.15, -0.1) is 0 Å². The molecule has 5 nitrogen and oxygen atoms in total. The van der Waals surface area contributed by atoms with Crippen molar-refractivity contribution in [3.8, 4) is 0 Å². The molecular formula is C19H20F6N2O3. The quantitative estimate of drug-likeness (QED) is 0.699. The maximum atomic E-state index is 12.6. The van der Waals surface area contributed by atoms with Crippen LogP contribution in [0.4, 0.5) is 36.8 Å². The molecule has 0 aromatic heterocycles. The van der Waals surface area contributed by atoms with Crippen molar-refractivity contribution in [2.45, 2.75) is 44.6 Å². The maximum absolute atomic E-state index is 12.6. The summed E-state index contributed by atoms with van der Waals surface area (Å²) >= 11 is 0. The van der Waals surface area contributed by atoms with E-state index in [0.717, 1.165) is 10.5 Å². The average Bonchev–Trinajstić information content (AvgIpc) is 3.33. The van der Waals surface area contributed by atoms with E-state index >= 15 is 0 Å². The van der Waals surface area contributed by atoms with E-state index in [1.54, 1.807) is 12.1 Å². The molecule has 1 aliphatic carbocycles. The number of piperidine rings is 1. The molecule has 30 heavy (non-hydrogen) atoms. The molecule has 1 saturated heterocycles. The van der Waals surface area contributed by atoms with Crippen LogP contribution in [-0.2, 0) is 9.53 Å². The van der Waals surface area contributed by atoms with Crippen molar-refractivity contribution in [3.05, 3.63) is 29.8 Å². The van der Waals surface area contributed by atoms with Crippen LogP contribution in [0.15, 0.2) is 24.3 Å². The molecule has 1 N–H and O–H groups in total. The van der Waals surface area contributed by atoms with E-state index in [0.29, 0.717) is 24.9 Å². The largest absolute Gasteiger partial charge is 0.434 e. The number of hydrogen-bond acceptors (Lipinski definition) is 3. The highest BCUT2D eigenvalue weighted by molar-refractivity contribution is 5.95. The second kappa shape index (κ2) is 7.66. The fourth-order valence-electron chi connectivity index (χ4n) is 3.77. The summed E-state index contributed by atoms with van der Waals surface area (Å²) < 4.78 is 79.1. The topological polar surface area (TPSA) is 58.6 Å². The number of aryl methyl sites for hydroxylation is 1. The predicted molar refractivity (Wildman–Crippen MR) is 93.5 cm³/mol. The van der Waals surface area contributed by atoms with Crippen LogP contribution in [-0.4, -0.2) is 48.4 Å². The Hall–Kier alpha value is -2.46. The number of rotatable bonds is 3. The molecular weight excluding hydrogens is 418 g/mol. The Kier molecular flexibility index (Phi) is 5.68. The smallest absolute Gasteiger partial charge is 0.426 e. The van der Waals surface area contributed by atoms with Crippen LogP contribution in [0, 0.1) is 18.3 Å². The Morgan fingerprint density at radius 3 is 2.10 bits per heavy atom. The fourth-order valence-corrected chi connectivity index (χ4v) is 3.77. The summed E-state index contributed by atoms with van der Waals surface area (Å²) in [5, 5.41) is 2.80. The number of ether oxygens (including phenoxy) is 1. The van der Waals surface area contributed by atoms with Crippen molar-refractivity contribution in [1.29, 1.82) is 0 Å². The summed E-state index contributed by atoms with van der Waals surface area (Å²) in [6.07, 6.45) is -16.2. The van der Waals surface area contributed by atoms with Gasteiger partial charge in [0, 0.05) is 24.7 Å². The molecule has 1 aliphatic heterocycles. The number of nitrogens with zero attached hydrogens (tertiary/aromatic N) is 1. The van der Waals surface area contributed by atoms with Gasteiger partial charge in [-0.05, 0) is 43.7 Å². The van der Waals surface area contributed by atoms with Crippen LogP contribution in [0.3, 0.4) is 0 Å². The van der Waals surface area contributed by atoms with Crippen LogP contribution >= 0.6 is 0 Å². The Labute approximate surface area is 168 Å². The first-order valence-corrected chi connectivity index (χ1v) is 9.28. The molecule has 1 atom stereocenters. The van der Waals surface area contributed by atoms with E-state index in [2.05, 4.69) is 10.1 Å². The number of halogens is 6. The zero-order chi connectivity index (χ0) is 22.3. The molecule has 3 rings (SSSR count). The molecule has 166 valence electrons. The highest BCUT2D eigenvalue weighted by Crippen LogP contribution is 2.59. The van der Waals surface area contributed by atoms with Crippen LogP contribution in [0.2, 0.25) is 0 Å². The Balaban J connectivity index is 1.53. The zero-order valence-electron chi connectivity index (χ0n) is 15.9. The lowest BCUT2D eigenvalue weighted by atomic mass is 9.91. The van der Waals surface area contributed by atoms with Crippen molar-refractivity contribution >= 4 is 17.7 Å². The van der Waals surface area contributed by atoms with E-state index in [-0.39, 0.29) is 30.3 Å². The van der Waals surface area contributed by atoms with E-state index in [4.69, 9.17) is 0 Å². The molecule has 0 radical (unpaired) electrons. The molecule has 0 bridgehead atoms. The molecule has 1 aromatic carbocycles. The summed E-state index contributed by atoms with van der Waals surface area (Å²) in [5.74, 6) is -0.501. The van der Waals surface area contributed by atoms with Crippen molar-refractivity contribution in [2.24, 2.45) is 11.3 Å². The number of amides is 2. The minimum Gasteiger partial charge on any atom is -0.426 e. The standard InChI is InChI=1S/C19H20F6N2O3/c1-11-2-4-12(5-3-11)26-14(28)13-10-17(13)6-8-27(9-7-17)16(29)30-15(18(20,21)22)19(23,24)25/h2-5,13,15H,6-10H2,1H3,(H,26,28). The number of hydrogen-bond donors (Lipinski definition) is 1. The van der Waals surface area contributed by atoms with Gasteiger partial charge in [0.2, 0.25) is 5.91 Å². The molecule has 1 aromatic rings. The summed E-state index contributed by atoms with van der Waals surface area (Å²) in [6, 6.07) is 7.21. The van der Waals surface area contributed by atoms with Gasteiger partial charge in [0.25, 0.3) is 6.10 Å². The minimum absolute atomic E-state index is 0.0738. The summed E-state index contributed by atoms with van der Waals surface area (Å²) in [6.45, 7) is 1.76. The minimum atomic E-state index is -5.75. The van der Waals surface area contributed by atoms with Gasteiger partial charge in [-0.25, -0.2) is 4.79 Å². The number of anilines is 1. The van der Waals surface area contributed by atoms with E-state index in [1.165, 1.54) is 0 Å². The molecule has 2 aliphatic rings. The molecule has 1 spiro atoms. The molecule has 2 fully saturated rings. The highest BCUT2D eigenvalue weighted by atomic mass is 19.4. The summed E-state index contributed by atoms with van der Waals surface area (Å²) in [4.78, 5) is 25.1. The number of carbonyl (C=O) groups is 2. The molecule has 11 heteroatoms. The lowest BCUT2D eigenvalue weighted by Crippen LogP contribution is -2.49. The number of nitrogens with one attached hydrogen (secondary N) is 1. The fraction of sp³-hybridized carbons (Fsp3) is 0.579. The van der Waals surface area contributed by atoms with Crippen LogP contribution < -0.4 is 5.32 Å². The number of carbonyl (C=O) groups excluding carboxylic acids is 2. The van der Waals surface area contributed by atoms with Crippen molar-refractivity contribution < 1.29 is 40.7 Å². The second-order valence-corrected chi connectivity index (χ2v) is 7.81. The molecule has 1 saturated carbocycles. The third kappa shape index (κ3) is 4.81. The number of alkyl halides is 6. The summed E-state index contributed by atoms with van der Waals surface area (Å²) in [5.41, 5.74) is 1.28. The predicted octanol–water partition coefficient (Wildman–Crippen LogP) is 4.67. The monoisotopic (exact) mass is 438 g/mol. The maximum Gasteiger partial charge on any atom is 0.434 e. The second-order valence-electron chi connectivity index (χ2n) is 7.81. The Morgan fingerprint density at radius 2 is 1.60 bits per heavy atom. The van der Waals surface area contributed by atoms with Gasteiger partial charge < -0.3 is 15.0 Å². The van der Waals surface area contributed by atoms with Crippen LogP contribution in [0.25, 0.3) is 0 Å². The lowest BCUT2D eigenvalue weighted by molar-refractivity contribution is -0.308. The first-order chi connectivity index (χ1) is 13.8. The highest BCUT2D eigenvalue weighted by Gasteiger charge is 2.61. The van der Waals surface area contributed by atoms with Gasteiger partial charge in [-0.2, -0.15) is 26.3 Å². The van der Waals surface area contributed by atoms with E-state index in [9.17, 15) is 35.9 Å². The van der Waals surface area contributed by atoms with Gasteiger partial charge in [0.15, 0.2) is 0 Å². The zero-order valence-corrected chi connectivity index (χ0v) is 15.9. The van der Waals surface area contributed by atoms with Gasteiger partial charge in [-0.3, -0.25) is 4.79 Å². The third-order valence-corrected chi connectivity index (χ3v) is 5.66. The number of likely N-dealkylation sites (tertiary alicyclic amines) is 1. The number of benzene rings is 1. The van der Waals surface area contributed by atoms with Crippen LogP contribution in [0.1, 0.15) is 24.8 Å². The normalized spacial score (nSPS) is 20.9. The van der Waals surface area contributed by atoms with Gasteiger partial charge in [-0.1, -0.05) is 17.7 Å². The SMILES string of the molecule is Cc1ccc(NC(=O)C2CC23CCN(C(=O)OC(C(F)(F)F)C(F)(F)F)CC3)cc1. The van der Waals surface area contributed by atoms with Crippen molar-refractivity contribution in [3.63, 3.8) is 0 Å². The molecule has 1 unspecified atom stereocenters. The van der Waals surface area contributed by atoms with Crippen LogP contribution in [0.5, 0.6) is 0 Å². The van der Waals surface area contributed by atoms with E-state index in [1.807, 2.05) is 19.1 Å². The van der Waals surface area contributed by atoms with Gasteiger partial charge in [0.05, 0.1) is 0 Å². The third-order valence-electron chi connectivity index (χ3n) is 5.66. The Bertz CT molecular complexity index is 784. The molecule has 2 amide bonds. The Morgan fingerprint density at radius 1 is 1.07 bits per heavy atom. The van der Waals surface area contributed by atoms with Crippen molar-refractivity contribution in [2.75, 3.05) is 18.4 Å². The van der Waals surface area contributed by atoms with E-state index < -0.39 is 24.5 Å². The van der Waals surface area contributed by atoms with Crippen molar-refractivity contribution in [1.82, 2.24) is 4.90 Å². The average molecular weight is 438 g/mol. The summed E-state index contributed by atoms with van der Waals surface area (Å²) in [7, 11) is 0. The first-order valence-electron chi connectivity index (χ1n) is 9.28. The van der Waals surface area contributed by atoms with Gasteiger partial charge >= 0.3 is 18.4 Å². The molecule has 1 heterocycles. The lowest BCUT2D eigenvalue weighted by Gasteiger charge is -2.33.